The summed E-state index contributed by atoms with van der Waals surface area (Å²) >= 11 is 0. The van der Waals surface area contributed by atoms with Crippen molar-refractivity contribution in [2.24, 2.45) is 0 Å². The van der Waals surface area contributed by atoms with E-state index >= 15 is 0 Å². The van der Waals surface area contributed by atoms with E-state index in [0.717, 1.165) is 146 Å². The van der Waals surface area contributed by atoms with Crippen LogP contribution in [-0.2, 0) is 64.0 Å². The van der Waals surface area contributed by atoms with Gasteiger partial charge in [-0.1, -0.05) is 90.1 Å². The van der Waals surface area contributed by atoms with E-state index in [2.05, 4.69) is 166 Å². The second-order valence-electron chi connectivity index (χ2n) is 23.2. The smallest absolute Gasteiger partial charge is 0.581 e. The number of hydrogen-bond donors (Lipinski definition) is 0. The molecule has 12 heterocycles. The maximum atomic E-state index is 5.07. The molecule has 0 atom stereocenters. The molecule has 0 radical (unpaired) electrons. The van der Waals surface area contributed by atoms with Crippen molar-refractivity contribution >= 4 is 12.0 Å². The number of fused-ring (bicyclic) bond motifs is 12. The third-order valence-electron chi connectivity index (χ3n) is 19.2. The Morgan fingerprint density at radius 3 is 0.837 bits per heavy atom. The van der Waals surface area contributed by atoms with Crippen molar-refractivity contribution in [3.8, 4) is 44.5 Å². The average Bonchev–Trinajstić information content (AvgIpc) is 1.52. The van der Waals surface area contributed by atoms with Crippen molar-refractivity contribution in [2.75, 3.05) is 14.1 Å². The summed E-state index contributed by atoms with van der Waals surface area (Å²) in [5.41, 5.74) is 20.7. The molecule has 16 nitrogen and oxygen atoms in total. The van der Waals surface area contributed by atoms with E-state index in [4.69, 9.17) is 39.9 Å². The van der Waals surface area contributed by atoms with Gasteiger partial charge in [-0.15, -0.1) is 11.1 Å². The van der Waals surface area contributed by atoms with Gasteiger partial charge < -0.3 is 20.4 Å². The quantitative estimate of drug-likeness (QED) is 0.104. The molecule has 0 saturated carbocycles. The van der Waals surface area contributed by atoms with Crippen molar-refractivity contribution in [3.05, 3.63) is 322 Å². The minimum absolute atomic E-state index is 0. The number of rotatable bonds is 8. The monoisotopic (exact) mass is 1550 g/mol. The van der Waals surface area contributed by atoms with Crippen LogP contribution >= 0.6 is 0 Å². The fraction of sp³-hybridized carbons (Fsp3) is 0.135. The van der Waals surface area contributed by atoms with E-state index < -0.39 is 21.9 Å². The Morgan fingerprint density at radius 2 is 0.587 bits per heavy atom. The Bertz CT molecular complexity index is 4770. The van der Waals surface area contributed by atoms with E-state index in [1.165, 1.54) is 0 Å². The molecule has 0 saturated heterocycles. The third kappa shape index (κ3) is 7.54. The largest absolute Gasteiger partial charge is 2.00 e. The van der Waals surface area contributed by atoms with Gasteiger partial charge in [-0.3, -0.25) is 39.9 Å². The maximum Gasteiger partial charge on any atom is 2.00 e. The zero-order chi connectivity index (χ0) is 60.7. The third-order valence-corrected chi connectivity index (χ3v) is 19.2. The number of benzene rings is 2. The Labute approximate surface area is 558 Å². The van der Waals surface area contributed by atoms with Gasteiger partial charge in [-0.25, -0.2) is 0 Å². The van der Waals surface area contributed by atoms with Crippen LogP contribution in [-0.4, -0.2) is 94.5 Å². The van der Waals surface area contributed by atoms with Gasteiger partial charge >= 0.3 is 54.1 Å². The summed E-state index contributed by atoms with van der Waals surface area (Å²) in [5, 5.41) is 17.9. The number of nitrogens with zero attached hydrogens (tertiary/aromatic N) is 16. The summed E-state index contributed by atoms with van der Waals surface area (Å²) in [4.78, 5) is 40.3. The molecule has 0 fully saturated rings. The van der Waals surface area contributed by atoms with Gasteiger partial charge in [0.2, 0.25) is 0 Å². The summed E-state index contributed by atoms with van der Waals surface area (Å²) in [7, 11) is 4.04. The molecule has 0 unspecified atom stereocenters. The van der Waals surface area contributed by atoms with Gasteiger partial charge in [0.25, 0.3) is 33.9 Å². The standard InChI is InChI=1S/2C37H26N8.2Pt/c2*1-23-24(2)45(22-44(23)3)37(34-29(13-7-18-40-34)30-14-8-19-41-35(30)37)26-10-4-9-25(21-26)36(31-15-20-42-43-31)32-27(11-5-16-38-32)28-12-6-17-39-33(28)36;;/h2*4-20H,1-3H3;;/q;;2*+2. The van der Waals surface area contributed by atoms with Gasteiger partial charge in [-0.2, -0.15) is 60.9 Å². The molecular weight excluding hydrogens is 1500 g/mol. The van der Waals surface area contributed by atoms with Crippen LogP contribution in [0.1, 0.15) is 107 Å². The van der Waals surface area contributed by atoms with E-state index in [9.17, 15) is 0 Å². The molecule has 0 N–H and O–H groups in total. The Balaban J connectivity index is 0.000000149. The normalized spacial score (nSPS) is 16.2. The number of pyridine rings is 8. The van der Waals surface area contributed by atoms with Crippen LogP contribution in [0, 0.1) is 12.1 Å². The Morgan fingerprint density at radius 1 is 0.326 bits per heavy atom. The number of aromatic nitrogens is 12. The summed E-state index contributed by atoms with van der Waals surface area (Å²) in [6.45, 7) is 8.46. The zero-order valence-electron chi connectivity index (χ0n) is 50.4. The second kappa shape index (κ2) is 21.7. The first kappa shape index (κ1) is 58.1. The molecule has 4 aliphatic carbocycles. The van der Waals surface area contributed by atoms with E-state index in [-0.39, 0.29) is 42.1 Å². The first-order chi connectivity index (χ1) is 44.1. The van der Waals surface area contributed by atoms with Crippen molar-refractivity contribution in [1.29, 1.82) is 0 Å². The molecule has 18 heteroatoms. The molecule has 92 heavy (non-hydrogen) atoms. The molecule has 0 spiro atoms. The van der Waals surface area contributed by atoms with Gasteiger partial charge in [0, 0.05) is 133 Å². The number of hydrogen-bond acceptors (Lipinski definition) is 10. The van der Waals surface area contributed by atoms with Crippen molar-refractivity contribution in [3.63, 3.8) is 0 Å². The predicted molar refractivity (Wildman–Crippen MR) is 333 cm³/mol. The van der Waals surface area contributed by atoms with Crippen molar-refractivity contribution in [2.45, 2.75) is 49.6 Å². The van der Waals surface area contributed by atoms with Crippen LogP contribution in [0.2, 0.25) is 0 Å². The van der Waals surface area contributed by atoms with E-state index in [1.54, 1.807) is 12.4 Å². The fourth-order valence-electron chi connectivity index (χ4n) is 14.9. The van der Waals surface area contributed by atoms with Gasteiger partial charge in [-0.05, 0) is 48.5 Å². The molecule has 18 rings (SSSR count). The molecular formula is C74H52N16Pt2+4. The molecule has 12 aromatic rings. The van der Waals surface area contributed by atoms with Gasteiger partial charge in [0.15, 0.2) is 14.1 Å². The summed E-state index contributed by atoms with van der Waals surface area (Å²) in [6.07, 6.45) is 18.2. The van der Waals surface area contributed by atoms with E-state index in [0.29, 0.717) is 0 Å². The molecule has 0 bridgehead atoms. The molecule has 0 amide bonds. The summed E-state index contributed by atoms with van der Waals surface area (Å²) < 4.78 is 8.43. The predicted octanol–water partition coefficient (Wildman–Crippen LogP) is 10.3. The first-order valence-corrected chi connectivity index (χ1v) is 29.7. The van der Waals surface area contributed by atoms with Gasteiger partial charge in [0.05, 0.1) is 33.6 Å². The Hall–Kier alpha value is -10.3. The minimum Gasteiger partial charge on any atom is -0.581 e. The molecule has 444 valence electrons. The van der Waals surface area contributed by atoms with Crippen LogP contribution in [0.3, 0.4) is 0 Å². The topological polar surface area (TPSA) is 169 Å². The molecule has 10 aromatic heterocycles. The SMILES string of the molecule is CC1=C(C)[N+](C2(c3[c-]c(C4(c5cc[n-]n5)c5ncccc5-c5cccnc54)ccc3)c3ncccc3-c3cccnc32)=C=[N+]1C.CC1=C(C)[N+](C2(c3[c-]c(C4(c5cc[n-]n5)c5ncccc5-c5cccnc54)ccc3)c3ncccc3-c3cccnc32)=C=[N+]1C.[Pt+2].[Pt+2]. The second-order valence-corrected chi connectivity index (χ2v) is 23.2. The molecule has 6 aliphatic rings. The van der Waals surface area contributed by atoms with Crippen molar-refractivity contribution < 1.29 is 60.4 Å². The van der Waals surface area contributed by atoms with Crippen LogP contribution in [0.25, 0.3) is 44.5 Å². The number of allylic oxidation sites excluding steroid dienone is 4. The molecule has 2 aliphatic heterocycles. The van der Waals surface area contributed by atoms with Crippen LogP contribution < -0.4 is 10.2 Å². The van der Waals surface area contributed by atoms with Gasteiger partial charge in [0.1, 0.15) is 22.8 Å². The minimum atomic E-state index is -0.948. The fourth-order valence-corrected chi connectivity index (χ4v) is 14.9. The van der Waals surface area contributed by atoms with E-state index in [1.807, 2.05) is 133 Å². The molecule has 2 aromatic carbocycles. The summed E-state index contributed by atoms with van der Waals surface area (Å²) in [6, 6.07) is 64.3. The van der Waals surface area contributed by atoms with Crippen molar-refractivity contribution in [1.82, 2.24) is 60.3 Å². The van der Waals surface area contributed by atoms with Crippen LogP contribution in [0.4, 0.5) is 0 Å². The van der Waals surface area contributed by atoms with Crippen LogP contribution in [0.5, 0.6) is 0 Å². The first-order valence-electron chi connectivity index (χ1n) is 29.7. The zero-order valence-corrected chi connectivity index (χ0v) is 55.0. The summed E-state index contributed by atoms with van der Waals surface area (Å²) in [5.74, 6) is 0. The Kier molecular flexibility index (Phi) is 13.7. The average molecular weight is 1560 g/mol. The van der Waals surface area contributed by atoms with Crippen LogP contribution in [0.15, 0.2) is 230 Å². The maximum absolute atomic E-state index is 5.07.